The van der Waals surface area contributed by atoms with Crippen molar-refractivity contribution in [1.82, 2.24) is 10.2 Å². The Hall–Kier alpha value is -0.0800. The van der Waals surface area contributed by atoms with E-state index < -0.39 is 0 Å². The van der Waals surface area contributed by atoms with Gasteiger partial charge < -0.3 is 10.2 Å². The summed E-state index contributed by atoms with van der Waals surface area (Å²) in [6.45, 7) is 14.1. The van der Waals surface area contributed by atoms with Crippen LogP contribution in [0.2, 0.25) is 0 Å². The number of nitrogens with zero attached hydrogens (tertiary/aromatic N) is 1. The van der Waals surface area contributed by atoms with Crippen LogP contribution in [0.5, 0.6) is 0 Å². The zero-order valence-corrected chi connectivity index (χ0v) is 14.1. The molecule has 0 bridgehead atoms. The van der Waals surface area contributed by atoms with Gasteiger partial charge in [-0.05, 0) is 44.6 Å². The van der Waals surface area contributed by atoms with Crippen molar-refractivity contribution in [2.24, 2.45) is 11.3 Å². The summed E-state index contributed by atoms with van der Waals surface area (Å²) in [4.78, 5) is 2.47. The molecule has 0 aromatic heterocycles. The van der Waals surface area contributed by atoms with Crippen molar-refractivity contribution in [2.75, 3.05) is 20.1 Å². The second kappa shape index (κ2) is 7.64. The van der Waals surface area contributed by atoms with Crippen LogP contribution in [0.1, 0.15) is 66.7 Å². The summed E-state index contributed by atoms with van der Waals surface area (Å²) < 4.78 is 0. The Morgan fingerprint density at radius 3 is 2.42 bits per heavy atom. The molecule has 0 aliphatic heterocycles. The SMILES string of the molecule is CCC(C)N(C)CCNC1CCCCC1C(C)(C)C. The molecule has 3 unspecified atom stereocenters. The molecule has 0 radical (unpaired) electrons. The number of hydrogen-bond acceptors (Lipinski definition) is 2. The lowest BCUT2D eigenvalue weighted by Gasteiger charge is -2.41. The van der Waals surface area contributed by atoms with Gasteiger partial charge in [-0.15, -0.1) is 0 Å². The maximum absolute atomic E-state index is 3.85. The van der Waals surface area contributed by atoms with E-state index in [0.717, 1.165) is 18.5 Å². The first-order valence-electron chi connectivity index (χ1n) is 8.30. The molecule has 1 aliphatic carbocycles. The Morgan fingerprint density at radius 1 is 1.21 bits per heavy atom. The molecule has 1 rings (SSSR count). The lowest BCUT2D eigenvalue weighted by Crippen LogP contribution is -2.46. The van der Waals surface area contributed by atoms with E-state index in [1.54, 1.807) is 0 Å². The van der Waals surface area contributed by atoms with E-state index in [-0.39, 0.29) is 0 Å². The fourth-order valence-corrected chi connectivity index (χ4v) is 3.37. The van der Waals surface area contributed by atoms with Gasteiger partial charge >= 0.3 is 0 Å². The minimum Gasteiger partial charge on any atom is -0.312 e. The monoisotopic (exact) mass is 268 g/mol. The van der Waals surface area contributed by atoms with E-state index in [1.807, 2.05) is 0 Å². The Kier molecular flexibility index (Phi) is 6.82. The predicted molar refractivity (Wildman–Crippen MR) is 85.6 cm³/mol. The zero-order valence-electron chi connectivity index (χ0n) is 14.1. The normalized spacial score (nSPS) is 26.7. The van der Waals surface area contributed by atoms with E-state index >= 15 is 0 Å². The first-order valence-corrected chi connectivity index (χ1v) is 8.30. The van der Waals surface area contributed by atoms with Gasteiger partial charge in [-0.3, -0.25) is 0 Å². The standard InChI is InChI=1S/C17H36N2/c1-7-14(2)19(6)13-12-18-16-11-9-8-10-15(16)17(3,4)5/h14-16,18H,7-13H2,1-6H3. The number of hydrogen-bond donors (Lipinski definition) is 1. The quantitative estimate of drug-likeness (QED) is 0.785. The average Bonchev–Trinajstić information content (AvgIpc) is 2.37. The molecule has 0 aromatic carbocycles. The van der Waals surface area contributed by atoms with Crippen LogP contribution in [0.3, 0.4) is 0 Å². The van der Waals surface area contributed by atoms with Crippen molar-refractivity contribution in [3.05, 3.63) is 0 Å². The lowest BCUT2D eigenvalue weighted by molar-refractivity contribution is 0.127. The molecule has 0 aromatic rings. The van der Waals surface area contributed by atoms with Gasteiger partial charge in [0.25, 0.3) is 0 Å². The van der Waals surface area contributed by atoms with Crippen LogP contribution in [0.25, 0.3) is 0 Å². The number of rotatable bonds is 6. The summed E-state index contributed by atoms with van der Waals surface area (Å²) in [5.41, 5.74) is 0.445. The maximum Gasteiger partial charge on any atom is 0.0107 e. The second-order valence-corrected chi connectivity index (χ2v) is 7.56. The summed E-state index contributed by atoms with van der Waals surface area (Å²) in [6, 6.07) is 1.44. The van der Waals surface area contributed by atoms with Crippen LogP contribution in [0.4, 0.5) is 0 Å². The van der Waals surface area contributed by atoms with Gasteiger partial charge in [0.15, 0.2) is 0 Å². The molecular weight excluding hydrogens is 232 g/mol. The van der Waals surface area contributed by atoms with Gasteiger partial charge in [-0.2, -0.15) is 0 Å². The molecule has 114 valence electrons. The highest BCUT2D eigenvalue weighted by Crippen LogP contribution is 2.37. The molecule has 0 heterocycles. The summed E-state index contributed by atoms with van der Waals surface area (Å²) >= 11 is 0. The van der Waals surface area contributed by atoms with Crippen molar-refractivity contribution < 1.29 is 0 Å². The number of likely N-dealkylation sites (N-methyl/N-ethyl adjacent to an activating group) is 1. The van der Waals surface area contributed by atoms with E-state index in [0.29, 0.717) is 11.5 Å². The molecule has 3 atom stereocenters. The molecule has 0 amide bonds. The van der Waals surface area contributed by atoms with E-state index in [1.165, 1.54) is 38.6 Å². The predicted octanol–water partition coefficient (Wildman–Crippen LogP) is 3.91. The van der Waals surface area contributed by atoms with Gasteiger partial charge in [0, 0.05) is 25.2 Å². The van der Waals surface area contributed by atoms with Crippen molar-refractivity contribution >= 4 is 0 Å². The minimum absolute atomic E-state index is 0.445. The Morgan fingerprint density at radius 2 is 1.84 bits per heavy atom. The summed E-state index contributed by atoms with van der Waals surface area (Å²) in [7, 11) is 2.25. The fraction of sp³-hybridized carbons (Fsp3) is 1.00. The van der Waals surface area contributed by atoms with Crippen molar-refractivity contribution in [3.8, 4) is 0 Å². The van der Waals surface area contributed by atoms with E-state index in [2.05, 4.69) is 51.9 Å². The molecule has 2 nitrogen and oxygen atoms in total. The van der Waals surface area contributed by atoms with Crippen molar-refractivity contribution in [1.29, 1.82) is 0 Å². The highest BCUT2D eigenvalue weighted by molar-refractivity contribution is 4.88. The lowest BCUT2D eigenvalue weighted by atomic mass is 9.69. The third-order valence-corrected chi connectivity index (χ3v) is 5.09. The smallest absolute Gasteiger partial charge is 0.0107 e. The van der Waals surface area contributed by atoms with E-state index in [4.69, 9.17) is 0 Å². The maximum atomic E-state index is 3.85. The molecular formula is C17H36N2. The molecule has 0 spiro atoms. The second-order valence-electron chi connectivity index (χ2n) is 7.56. The summed E-state index contributed by atoms with van der Waals surface area (Å²) in [5, 5.41) is 3.85. The Balaban J connectivity index is 2.37. The van der Waals surface area contributed by atoms with Crippen LogP contribution in [0, 0.1) is 11.3 Å². The van der Waals surface area contributed by atoms with Crippen LogP contribution < -0.4 is 5.32 Å². The Bertz CT molecular complexity index is 244. The van der Waals surface area contributed by atoms with Crippen LogP contribution in [-0.2, 0) is 0 Å². The molecule has 19 heavy (non-hydrogen) atoms. The van der Waals surface area contributed by atoms with Crippen molar-refractivity contribution in [3.63, 3.8) is 0 Å². The van der Waals surface area contributed by atoms with Crippen LogP contribution in [0.15, 0.2) is 0 Å². The van der Waals surface area contributed by atoms with Gasteiger partial charge in [0.2, 0.25) is 0 Å². The molecule has 1 saturated carbocycles. The summed E-state index contributed by atoms with van der Waals surface area (Å²) in [5.74, 6) is 0.843. The highest BCUT2D eigenvalue weighted by Gasteiger charge is 2.33. The number of nitrogens with one attached hydrogen (secondary N) is 1. The molecule has 1 fully saturated rings. The minimum atomic E-state index is 0.445. The van der Waals surface area contributed by atoms with Gasteiger partial charge in [-0.25, -0.2) is 0 Å². The first-order chi connectivity index (χ1) is 8.86. The summed E-state index contributed by atoms with van der Waals surface area (Å²) in [6.07, 6.45) is 6.85. The average molecular weight is 268 g/mol. The topological polar surface area (TPSA) is 15.3 Å². The molecule has 0 saturated heterocycles. The van der Waals surface area contributed by atoms with Gasteiger partial charge in [0.1, 0.15) is 0 Å². The third-order valence-electron chi connectivity index (χ3n) is 5.09. The van der Waals surface area contributed by atoms with Gasteiger partial charge in [0.05, 0.1) is 0 Å². The highest BCUT2D eigenvalue weighted by atomic mass is 15.1. The Labute approximate surface area is 121 Å². The molecule has 1 aliphatic rings. The van der Waals surface area contributed by atoms with Crippen LogP contribution >= 0.6 is 0 Å². The third kappa shape index (κ3) is 5.43. The van der Waals surface area contributed by atoms with Gasteiger partial charge in [-0.1, -0.05) is 40.5 Å². The molecule has 1 N–H and O–H groups in total. The van der Waals surface area contributed by atoms with E-state index in [9.17, 15) is 0 Å². The molecule has 2 heteroatoms. The fourth-order valence-electron chi connectivity index (χ4n) is 3.37. The first kappa shape index (κ1) is 17.0. The zero-order chi connectivity index (χ0) is 14.5. The van der Waals surface area contributed by atoms with Crippen LogP contribution in [-0.4, -0.2) is 37.1 Å². The largest absolute Gasteiger partial charge is 0.312 e. The van der Waals surface area contributed by atoms with Crippen molar-refractivity contribution in [2.45, 2.75) is 78.8 Å².